The summed E-state index contributed by atoms with van der Waals surface area (Å²) in [7, 11) is 1.49. The zero-order chi connectivity index (χ0) is 13.3. The molecular formula is C10H19N3O4. The lowest BCUT2D eigenvalue weighted by atomic mass is 10.5. The van der Waals surface area contributed by atoms with Crippen molar-refractivity contribution in [1.29, 1.82) is 0 Å². The number of carbonyl (C=O) groups excluding carboxylic acids is 3. The molecule has 0 fully saturated rings. The van der Waals surface area contributed by atoms with Crippen molar-refractivity contribution in [1.82, 2.24) is 15.5 Å². The van der Waals surface area contributed by atoms with Gasteiger partial charge >= 0.3 is 12.0 Å². The Bertz CT molecular complexity index is 281. The highest BCUT2D eigenvalue weighted by Crippen LogP contribution is 1.89. The molecule has 0 saturated carbocycles. The molecule has 0 radical (unpaired) electrons. The molecule has 0 unspecified atom stereocenters. The highest BCUT2D eigenvalue weighted by Gasteiger charge is 2.15. The summed E-state index contributed by atoms with van der Waals surface area (Å²) in [6.45, 7) is 3.83. The third kappa shape index (κ3) is 6.39. The maximum Gasteiger partial charge on any atom is 0.325 e. The number of carbonyl (C=O) groups is 3. The first-order chi connectivity index (χ1) is 8.04. The van der Waals surface area contributed by atoms with E-state index in [-0.39, 0.29) is 25.6 Å². The molecule has 0 aromatic rings. The van der Waals surface area contributed by atoms with Crippen LogP contribution in [0, 0.1) is 0 Å². The lowest BCUT2D eigenvalue weighted by Crippen LogP contribution is -2.46. The quantitative estimate of drug-likeness (QED) is 0.607. The van der Waals surface area contributed by atoms with Gasteiger partial charge in [0.1, 0.15) is 13.1 Å². The molecule has 0 aromatic heterocycles. The summed E-state index contributed by atoms with van der Waals surface area (Å²) in [5.41, 5.74) is 0. The number of hydrogen-bond donors (Lipinski definition) is 2. The van der Waals surface area contributed by atoms with Crippen molar-refractivity contribution in [3.63, 3.8) is 0 Å². The first kappa shape index (κ1) is 15.2. The van der Waals surface area contributed by atoms with Crippen molar-refractivity contribution in [2.24, 2.45) is 0 Å². The summed E-state index contributed by atoms with van der Waals surface area (Å²) in [5.74, 6) is -0.769. The third-order valence-electron chi connectivity index (χ3n) is 1.97. The zero-order valence-electron chi connectivity index (χ0n) is 10.4. The van der Waals surface area contributed by atoms with Crippen molar-refractivity contribution in [2.75, 3.05) is 33.3 Å². The fraction of sp³-hybridized carbons (Fsp3) is 0.700. The van der Waals surface area contributed by atoms with E-state index in [9.17, 15) is 14.4 Å². The molecule has 98 valence electrons. The smallest absolute Gasteiger partial charge is 0.325 e. The number of nitrogens with one attached hydrogen (secondary N) is 2. The van der Waals surface area contributed by atoms with E-state index in [1.54, 1.807) is 13.8 Å². The summed E-state index contributed by atoms with van der Waals surface area (Å²) in [6, 6.07) is -0.468. The Hall–Kier alpha value is -1.79. The van der Waals surface area contributed by atoms with Gasteiger partial charge in [0.25, 0.3) is 0 Å². The summed E-state index contributed by atoms with van der Waals surface area (Å²) in [4.78, 5) is 35.0. The maximum absolute atomic E-state index is 11.6. The molecule has 7 nitrogen and oxygen atoms in total. The molecule has 3 amide bonds. The number of urea groups is 1. The van der Waals surface area contributed by atoms with Gasteiger partial charge in [-0.15, -0.1) is 0 Å². The first-order valence-electron chi connectivity index (χ1n) is 5.44. The highest BCUT2D eigenvalue weighted by molar-refractivity contribution is 5.85. The van der Waals surface area contributed by atoms with Gasteiger partial charge in [-0.25, -0.2) is 4.79 Å². The van der Waals surface area contributed by atoms with Crippen molar-refractivity contribution < 1.29 is 19.1 Å². The van der Waals surface area contributed by atoms with Gasteiger partial charge in [-0.2, -0.15) is 0 Å². The Morgan fingerprint density at radius 1 is 1.24 bits per heavy atom. The van der Waals surface area contributed by atoms with Gasteiger partial charge in [-0.3, -0.25) is 9.59 Å². The van der Waals surface area contributed by atoms with Crippen molar-refractivity contribution in [2.45, 2.75) is 13.8 Å². The van der Waals surface area contributed by atoms with Gasteiger partial charge in [0, 0.05) is 13.6 Å². The predicted molar refractivity (Wildman–Crippen MR) is 61.3 cm³/mol. The molecule has 17 heavy (non-hydrogen) atoms. The minimum atomic E-state index is -0.503. The fourth-order valence-corrected chi connectivity index (χ4v) is 1.05. The zero-order valence-corrected chi connectivity index (χ0v) is 10.4. The Morgan fingerprint density at radius 3 is 2.35 bits per heavy atom. The minimum Gasteiger partial charge on any atom is -0.465 e. The average Bonchev–Trinajstić information content (AvgIpc) is 2.32. The number of nitrogens with zero attached hydrogens (tertiary/aromatic N) is 1. The molecule has 0 saturated heterocycles. The molecule has 0 bridgehead atoms. The van der Waals surface area contributed by atoms with E-state index in [1.165, 1.54) is 11.9 Å². The van der Waals surface area contributed by atoms with Crippen LogP contribution >= 0.6 is 0 Å². The molecule has 0 atom stereocenters. The summed E-state index contributed by atoms with van der Waals surface area (Å²) in [5, 5.41) is 4.80. The van der Waals surface area contributed by atoms with E-state index in [2.05, 4.69) is 15.4 Å². The first-order valence-corrected chi connectivity index (χ1v) is 5.44. The molecule has 0 aliphatic carbocycles. The number of esters is 1. The van der Waals surface area contributed by atoms with Gasteiger partial charge < -0.3 is 20.3 Å². The Kier molecular flexibility index (Phi) is 7.49. The molecule has 0 rings (SSSR count). The Morgan fingerprint density at radius 2 is 1.88 bits per heavy atom. The number of rotatable bonds is 6. The van der Waals surface area contributed by atoms with E-state index >= 15 is 0 Å². The molecule has 0 aliphatic heterocycles. The van der Waals surface area contributed by atoms with Gasteiger partial charge in [-0.1, -0.05) is 0 Å². The predicted octanol–water partition coefficient (Wildman–Crippen LogP) is -0.673. The summed E-state index contributed by atoms with van der Waals surface area (Å²) in [6.07, 6.45) is 0. The van der Waals surface area contributed by atoms with Crippen LogP contribution < -0.4 is 10.6 Å². The van der Waals surface area contributed by atoms with Crippen LogP contribution in [0.25, 0.3) is 0 Å². The molecule has 0 heterocycles. The van der Waals surface area contributed by atoms with E-state index in [0.29, 0.717) is 6.54 Å². The van der Waals surface area contributed by atoms with E-state index in [0.717, 1.165) is 0 Å². The van der Waals surface area contributed by atoms with Crippen LogP contribution in [0.1, 0.15) is 13.8 Å². The molecule has 7 heteroatoms. The van der Waals surface area contributed by atoms with Gasteiger partial charge in [0.2, 0.25) is 5.91 Å². The van der Waals surface area contributed by atoms with Crippen molar-refractivity contribution in [3.05, 3.63) is 0 Å². The second-order valence-electron chi connectivity index (χ2n) is 3.15. The third-order valence-corrected chi connectivity index (χ3v) is 1.97. The maximum atomic E-state index is 11.6. The molecule has 0 aliphatic rings. The standard InChI is InChI=1S/C10H19N3O4/c1-4-13(7-8(14)11-3)10(16)12-6-9(15)17-5-2/h4-7H2,1-3H3,(H,11,14)(H,12,16). The van der Waals surface area contributed by atoms with E-state index in [4.69, 9.17) is 0 Å². The van der Waals surface area contributed by atoms with Gasteiger partial charge in [-0.05, 0) is 13.8 Å². The summed E-state index contributed by atoms with van der Waals surface area (Å²) < 4.78 is 4.66. The molecule has 0 spiro atoms. The second-order valence-corrected chi connectivity index (χ2v) is 3.15. The minimum absolute atomic E-state index is 0.0400. The number of amides is 3. The second kappa shape index (κ2) is 8.37. The van der Waals surface area contributed by atoms with Gasteiger partial charge in [0.15, 0.2) is 0 Å². The number of likely N-dealkylation sites (N-methyl/N-ethyl adjacent to an activating group) is 2. The lowest BCUT2D eigenvalue weighted by Gasteiger charge is -2.19. The number of ether oxygens (including phenoxy) is 1. The van der Waals surface area contributed by atoms with E-state index < -0.39 is 12.0 Å². The van der Waals surface area contributed by atoms with Crippen molar-refractivity contribution in [3.8, 4) is 0 Å². The van der Waals surface area contributed by atoms with Crippen LogP contribution in [0.3, 0.4) is 0 Å². The van der Waals surface area contributed by atoms with E-state index in [1.807, 2.05) is 0 Å². The fourth-order valence-electron chi connectivity index (χ4n) is 1.05. The monoisotopic (exact) mass is 245 g/mol. The van der Waals surface area contributed by atoms with Crippen LogP contribution in [0.2, 0.25) is 0 Å². The highest BCUT2D eigenvalue weighted by atomic mass is 16.5. The van der Waals surface area contributed by atoms with Crippen LogP contribution in [0.4, 0.5) is 4.79 Å². The normalized spacial score (nSPS) is 9.35. The van der Waals surface area contributed by atoms with Crippen LogP contribution in [-0.2, 0) is 14.3 Å². The van der Waals surface area contributed by atoms with Crippen LogP contribution in [0.15, 0.2) is 0 Å². The Balaban J connectivity index is 4.08. The van der Waals surface area contributed by atoms with Gasteiger partial charge in [0.05, 0.1) is 6.61 Å². The molecular weight excluding hydrogens is 226 g/mol. The Labute approximate surface area is 100 Å². The number of hydrogen-bond acceptors (Lipinski definition) is 4. The SMILES string of the molecule is CCOC(=O)CNC(=O)N(CC)CC(=O)NC. The lowest BCUT2D eigenvalue weighted by molar-refractivity contribution is -0.141. The largest absolute Gasteiger partial charge is 0.465 e. The van der Waals surface area contributed by atoms with Crippen LogP contribution in [0.5, 0.6) is 0 Å². The van der Waals surface area contributed by atoms with Crippen LogP contribution in [-0.4, -0.2) is 56.1 Å². The molecule has 2 N–H and O–H groups in total. The topological polar surface area (TPSA) is 87.7 Å². The molecule has 0 aromatic carbocycles. The average molecular weight is 245 g/mol. The summed E-state index contributed by atoms with van der Waals surface area (Å²) >= 11 is 0. The van der Waals surface area contributed by atoms with Crippen molar-refractivity contribution >= 4 is 17.9 Å².